The summed E-state index contributed by atoms with van der Waals surface area (Å²) in [5, 5.41) is 10.6. The molecule has 0 aliphatic rings. The number of benzene rings is 1. The van der Waals surface area contributed by atoms with E-state index in [9.17, 15) is 9.18 Å². The summed E-state index contributed by atoms with van der Waals surface area (Å²) in [5.41, 5.74) is 0.252. The number of carbonyl (C=O) groups is 1. The number of hydrogen-bond donors (Lipinski definition) is 1. The second kappa shape index (κ2) is 5.37. The number of ether oxygens (including phenoxy) is 1. The van der Waals surface area contributed by atoms with Crippen LogP contribution in [0.3, 0.4) is 0 Å². The van der Waals surface area contributed by atoms with Gasteiger partial charge in [-0.2, -0.15) is 0 Å². The van der Waals surface area contributed by atoms with Gasteiger partial charge in [-0.05, 0) is 12.1 Å². The van der Waals surface area contributed by atoms with E-state index < -0.39 is 11.8 Å². The number of rotatable bonds is 4. The van der Waals surface area contributed by atoms with Crippen LogP contribution in [0, 0.1) is 5.82 Å². The van der Waals surface area contributed by atoms with E-state index in [4.69, 9.17) is 21.4 Å². The van der Waals surface area contributed by atoms with Crippen molar-refractivity contribution in [3.63, 3.8) is 0 Å². The van der Waals surface area contributed by atoms with E-state index in [1.54, 1.807) is 11.4 Å². The minimum absolute atomic E-state index is 0.0404. The Kier molecular flexibility index (Phi) is 3.84. The van der Waals surface area contributed by atoms with Gasteiger partial charge in [0.1, 0.15) is 23.1 Å². The SMILES string of the molecule is O=C(O)c1cc(OCc2c(F)cccc2Cl)cs1. The smallest absolute Gasteiger partial charge is 0.346 e. The molecular formula is C12H8ClFO3S. The predicted octanol–water partition coefficient (Wildman–Crippen LogP) is 3.82. The third kappa shape index (κ3) is 2.80. The summed E-state index contributed by atoms with van der Waals surface area (Å²) < 4.78 is 18.7. The zero-order chi connectivity index (χ0) is 13.1. The summed E-state index contributed by atoms with van der Waals surface area (Å²) in [5.74, 6) is -1.08. The number of halogens is 2. The maximum atomic E-state index is 13.4. The minimum atomic E-state index is -1.02. The van der Waals surface area contributed by atoms with E-state index >= 15 is 0 Å². The van der Waals surface area contributed by atoms with Crippen LogP contribution in [0.1, 0.15) is 15.2 Å². The summed E-state index contributed by atoms with van der Waals surface area (Å²) in [6.07, 6.45) is 0. The lowest BCUT2D eigenvalue weighted by Crippen LogP contribution is -1.99. The van der Waals surface area contributed by atoms with Gasteiger partial charge < -0.3 is 9.84 Å². The van der Waals surface area contributed by atoms with Crippen molar-refractivity contribution in [3.05, 3.63) is 50.9 Å². The number of aromatic carboxylic acids is 1. The van der Waals surface area contributed by atoms with Crippen LogP contribution < -0.4 is 4.74 Å². The van der Waals surface area contributed by atoms with E-state index in [-0.39, 0.29) is 22.1 Å². The van der Waals surface area contributed by atoms with Crippen LogP contribution in [0.5, 0.6) is 5.75 Å². The first-order chi connectivity index (χ1) is 8.58. The van der Waals surface area contributed by atoms with E-state index in [0.717, 1.165) is 11.3 Å². The molecule has 0 saturated heterocycles. The normalized spacial score (nSPS) is 10.3. The molecule has 1 aromatic carbocycles. The molecule has 0 radical (unpaired) electrons. The largest absolute Gasteiger partial charge is 0.488 e. The molecular weight excluding hydrogens is 279 g/mol. The Hall–Kier alpha value is -1.59. The maximum absolute atomic E-state index is 13.4. The van der Waals surface area contributed by atoms with Gasteiger partial charge in [0.2, 0.25) is 0 Å². The average Bonchev–Trinajstić information content (AvgIpc) is 2.77. The van der Waals surface area contributed by atoms with Gasteiger partial charge in [0.25, 0.3) is 0 Å². The molecule has 0 aliphatic carbocycles. The van der Waals surface area contributed by atoms with Crippen LogP contribution in [0.2, 0.25) is 5.02 Å². The van der Waals surface area contributed by atoms with Gasteiger partial charge in [0.05, 0.1) is 5.02 Å². The highest BCUT2D eigenvalue weighted by atomic mass is 35.5. The molecule has 0 saturated carbocycles. The molecule has 1 aromatic heterocycles. The molecule has 0 fully saturated rings. The Labute approximate surface area is 111 Å². The van der Waals surface area contributed by atoms with Crippen LogP contribution in [-0.4, -0.2) is 11.1 Å². The van der Waals surface area contributed by atoms with Crippen LogP contribution in [-0.2, 0) is 6.61 Å². The molecule has 0 aliphatic heterocycles. The van der Waals surface area contributed by atoms with E-state index in [1.165, 1.54) is 18.2 Å². The van der Waals surface area contributed by atoms with Crippen molar-refractivity contribution >= 4 is 28.9 Å². The number of thiophene rings is 1. The van der Waals surface area contributed by atoms with Crippen molar-refractivity contribution in [2.45, 2.75) is 6.61 Å². The van der Waals surface area contributed by atoms with Crippen molar-refractivity contribution < 1.29 is 19.0 Å². The highest BCUT2D eigenvalue weighted by Crippen LogP contribution is 2.25. The molecule has 2 aromatic rings. The highest BCUT2D eigenvalue weighted by Gasteiger charge is 2.10. The van der Waals surface area contributed by atoms with Crippen LogP contribution in [0.4, 0.5) is 4.39 Å². The maximum Gasteiger partial charge on any atom is 0.346 e. The number of carboxylic acids is 1. The zero-order valence-corrected chi connectivity index (χ0v) is 10.6. The Balaban J connectivity index is 2.09. The fraction of sp³-hybridized carbons (Fsp3) is 0.0833. The van der Waals surface area contributed by atoms with Gasteiger partial charge >= 0.3 is 5.97 Å². The predicted molar refractivity (Wildman–Crippen MR) is 67.0 cm³/mol. The monoisotopic (exact) mass is 286 g/mol. The van der Waals surface area contributed by atoms with Crippen LogP contribution in [0.25, 0.3) is 0 Å². The third-order valence-electron chi connectivity index (χ3n) is 2.23. The average molecular weight is 287 g/mol. The fourth-order valence-electron chi connectivity index (χ4n) is 1.33. The third-order valence-corrected chi connectivity index (χ3v) is 3.48. The molecule has 3 nitrogen and oxygen atoms in total. The van der Waals surface area contributed by atoms with Crippen molar-refractivity contribution in [2.75, 3.05) is 0 Å². The first-order valence-corrected chi connectivity index (χ1v) is 6.21. The van der Waals surface area contributed by atoms with E-state index in [0.29, 0.717) is 5.75 Å². The van der Waals surface area contributed by atoms with E-state index in [2.05, 4.69) is 0 Å². The molecule has 0 bridgehead atoms. The molecule has 94 valence electrons. The quantitative estimate of drug-likeness (QED) is 0.929. The standard InChI is InChI=1S/C12H8ClFO3S/c13-9-2-1-3-10(14)8(9)5-17-7-4-11(12(15)16)18-6-7/h1-4,6H,5H2,(H,15,16). The first-order valence-electron chi connectivity index (χ1n) is 4.95. The second-order valence-electron chi connectivity index (χ2n) is 3.44. The lowest BCUT2D eigenvalue weighted by Gasteiger charge is -2.06. The summed E-state index contributed by atoms with van der Waals surface area (Å²) >= 11 is 6.89. The summed E-state index contributed by atoms with van der Waals surface area (Å²) in [4.78, 5) is 10.8. The van der Waals surface area contributed by atoms with Gasteiger partial charge in [-0.3, -0.25) is 0 Å². The topological polar surface area (TPSA) is 46.5 Å². The zero-order valence-electron chi connectivity index (χ0n) is 9.02. The van der Waals surface area contributed by atoms with Crippen molar-refractivity contribution in [2.24, 2.45) is 0 Å². The highest BCUT2D eigenvalue weighted by molar-refractivity contribution is 7.12. The summed E-state index contributed by atoms with van der Waals surface area (Å²) in [6.45, 7) is -0.0404. The lowest BCUT2D eigenvalue weighted by molar-refractivity contribution is 0.0702. The number of carboxylic acid groups (broad SMARTS) is 1. The molecule has 0 atom stereocenters. The molecule has 1 heterocycles. The van der Waals surface area contributed by atoms with Gasteiger partial charge in [-0.15, -0.1) is 11.3 Å². The van der Waals surface area contributed by atoms with E-state index in [1.807, 2.05) is 0 Å². The Morgan fingerprint density at radius 2 is 2.28 bits per heavy atom. The first kappa shape index (κ1) is 12.9. The van der Waals surface area contributed by atoms with Gasteiger partial charge in [0.15, 0.2) is 0 Å². The molecule has 6 heteroatoms. The summed E-state index contributed by atoms with van der Waals surface area (Å²) in [7, 11) is 0. The van der Waals surface area contributed by atoms with Crippen LogP contribution >= 0.6 is 22.9 Å². The molecule has 0 unspecified atom stereocenters. The number of hydrogen-bond acceptors (Lipinski definition) is 3. The molecule has 18 heavy (non-hydrogen) atoms. The summed E-state index contributed by atoms with van der Waals surface area (Å²) in [6, 6.07) is 5.76. The van der Waals surface area contributed by atoms with Gasteiger partial charge in [-0.25, -0.2) is 9.18 Å². The van der Waals surface area contributed by atoms with Crippen molar-refractivity contribution in [1.82, 2.24) is 0 Å². The molecule has 0 amide bonds. The Morgan fingerprint density at radius 3 is 2.89 bits per heavy atom. The fourth-order valence-corrected chi connectivity index (χ4v) is 2.21. The molecule has 0 spiro atoms. The second-order valence-corrected chi connectivity index (χ2v) is 4.76. The van der Waals surface area contributed by atoms with Gasteiger partial charge in [0, 0.05) is 17.0 Å². The lowest BCUT2D eigenvalue weighted by atomic mass is 10.2. The van der Waals surface area contributed by atoms with Gasteiger partial charge in [-0.1, -0.05) is 17.7 Å². The Morgan fingerprint density at radius 1 is 1.50 bits per heavy atom. The Bertz CT molecular complexity index is 562. The van der Waals surface area contributed by atoms with Crippen molar-refractivity contribution in [3.8, 4) is 5.75 Å². The van der Waals surface area contributed by atoms with Crippen LogP contribution in [0.15, 0.2) is 29.6 Å². The van der Waals surface area contributed by atoms with Crippen molar-refractivity contribution in [1.29, 1.82) is 0 Å². The minimum Gasteiger partial charge on any atom is -0.488 e. The molecule has 2 rings (SSSR count). The molecule has 1 N–H and O–H groups in total.